The molecule has 0 bridgehead atoms. The number of aryl methyl sites for hydroxylation is 1. The number of carbonyl (C=O) groups excluding carboxylic acids is 1. The molecule has 26 heavy (non-hydrogen) atoms. The summed E-state index contributed by atoms with van der Waals surface area (Å²) >= 11 is 5.92. The molecule has 1 aromatic carbocycles. The molecule has 8 heteroatoms. The van der Waals surface area contributed by atoms with Gasteiger partial charge in [-0.1, -0.05) is 24.6 Å². The smallest absolute Gasteiger partial charge is 0.237 e. The van der Waals surface area contributed by atoms with Gasteiger partial charge in [0.05, 0.1) is 12.4 Å². The molecule has 1 heterocycles. The van der Waals surface area contributed by atoms with Gasteiger partial charge in [-0.3, -0.25) is 13.8 Å². The molecular formula is C18H21ClN2O4S. The lowest BCUT2D eigenvalue weighted by Gasteiger charge is -2.09. The first-order valence-corrected chi connectivity index (χ1v) is 10.0. The first kappa shape index (κ1) is 20.2. The second-order valence-electron chi connectivity index (χ2n) is 5.77. The van der Waals surface area contributed by atoms with E-state index in [9.17, 15) is 13.8 Å². The predicted molar refractivity (Wildman–Crippen MR) is 104 cm³/mol. The van der Waals surface area contributed by atoms with Crippen molar-refractivity contribution in [1.29, 1.82) is 0 Å². The van der Waals surface area contributed by atoms with E-state index in [0.29, 0.717) is 23.0 Å². The maximum atomic E-state index is 12.2. The number of aromatic nitrogens is 1. The van der Waals surface area contributed by atoms with Gasteiger partial charge in [-0.2, -0.15) is 0 Å². The molecule has 140 valence electrons. The van der Waals surface area contributed by atoms with Crippen molar-refractivity contribution in [2.24, 2.45) is 0 Å². The number of amides is 1. The number of nitrogens with one attached hydrogen (secondary N) is 2. The van der Waals surface area contributed by atoms with Crippen molar-refractivity contribution < 1.29 is 13.7 Å². The van der Waals surface area contributed by atoms with Crippen LogP contribution in [-0.2, 0) is 21.3 Å². The first-order chi connectivity index (χ1) is 12.4. The number of hydrogen-bond donors (Lipinski definition) is 2. The van der Waals surface area contributed by atoms with Crippen molar-refractivity contribution in [3.8, 4) is 5.75 Å². The zero-order valence-corrected chi connectivity index (χ0v) is 16.2. The number of pyridine rings is 1. The standard InChI is InChI=1S/C18H21ClN2O4S/c1-3-6-25-17-9-20-14(8-16(17)22)10-26(24)11-18(23)21-15-7-13(19)5-4-12(15)2/h4-5,7-9H,3,6,10-11H2,1-2H3,(H,20,22)(H,21,23). The molecule has 1 aromatic heterocycles. The lowest BCUT2D eigenvalue weighted by Crippen LogP contribution is -2.21. The molecule has 0 fully saturated rings. The van der Waals surface area contributed by atoms with Gasteiger partial charge in [0.25, 0.3) is 0 Å². The number of benzene rings is 1. The highest BCUT2D eigenvalue weighted by atomic mass is 35.5. The van der Waals surface area contributed by atoms with E-state index in [2.05, 4.69) is 10.3 Å². The normalized spacial score (nSPS) is 11.8. The third-order valence-corrected chi connectivity index (χ3v) is 4.93. The van der Waals surface area contributed by atoms with Gasteiger partial charge in [0.2, 0.25) is 11.3 Å². The molecule has 6 nitrogen and oxygen atoms in total. The van der Waals surface area contributed by atoms with Crippen molar-refractivity contribution in [3.05, 3.63) is 57.0 Å². The summed E-state index contributed by atoms with van der Waals surface area (Å²) in [5, 5.41) is 3.21. The number of aromatic amines is 1. The summed E-state index contributed by atoms with van der Waals surface area (Å²) in [6, 6.07) is 6.52. The van der Waals surface area contributed by atoms with Crippen LogP contribution in [0.4, 0.5) is 5.69 Å². The topological polar surface area (TPSA) is 88.3 Å². The fraction of sp³-hybridized carbons (Fsp3) is 0.333. The minimum absolute atomic E-state index is 0.0746. The Balaban J connectivity index is 1.93. The predicted octanol–water partition coefficient (Wildman–Crippen LogP) is 3.01. The van der Waals surface area contributed by atoms with Gasteiger partial charge in [-0.15, -0.1) is 0 Å². The van der Waals surface area contributed by atoms with Gasteiger partial charge in [0.15, 0.2) is 5.75 Å². The first-order valence-electron chi connectivity index (χ1n) is 8.14. The van der Waals surface area contributed by atoms with E-state index in [0.717, 1.165) is 12.0 Å². The number of anilines is 1. The fourth-order valence-corrected chi connectivity index (χ4v) is 3.35. The largest absolute Gasteiger partial charge is 0.488 e. The van der Waals surface area contributed by atoms with Gasteiger partial charge in [-0.25, -0.2) is 0 Å². The molecule has 1 unspecified atom stereocenters. The summed E-state index contributed by atoms with van der Waals surface area (Å²) in [6.45, 7) is 4.24. The average molecular weight is 397 g/mol. The lowest BCUT2D eigenvalue weighted by atomic mass is 10.2. The Morgan fingerprint density at radius 2 is 2.12 bits per heavy atom. The van der Waals surface area contributed by atoms with Crippen LogP contribution < -0.4 is 15.5 Å². The van der Waals surface area contributed by atoms with Crippen LogP contribution in [0.2, 0.25) is 5.02 Å². The van der Waals surface area contributed by atoms with Crippen LogP contribution in [0, 0.1) is 6.92 Å². The van der Waals surface area contributed by atoms with Gasteiger partial charge < -0.3 is 15.0 Å². The maximum Gasteiger partial charge on any atom is 0.237 e. The second kappa shape index (κ2) is 9.54. The highest BCUT2D eigenvalue weighted by Crippen LogP contribution is 2.20. The average Bonchev–Trinajstić information content (AvgIpc) is 2.57. The lowest BCUT2D eigenvalue weighted by molar-refractivity contribution is -0.113. The Bertz CT molecular complexity index is 867. The molecule has 0 aliphatic rings. The van der Waals surface area contributed by atoms with Crippen molar-refractivity contribution in [2.75, 3.05) is 17.7 Å². The molecule has 0 saturated carbocycles. The molecule has 1 atom stereocenters. The summed E-state index contributed by atoms with van der Waals surface area (Å²) < 4.78 is 17.5. The third-order valence-electron chi connectivity index (χ3n) is 3.48. The quantitative estimate of drug-likeness (QED) is 0.717. The zero-order valence-electron chi connectivity index (χ0n) is 14.6. The Morgan fingerprint density at radius 1 is 1.35 bits per heavy atom. The van der Waals surface area contributed by atoms with E-state index < -0.39 is 10.8 Å². The molecule has 0 radical (unpaired) electrons. The number of hydrogen-bond acceptors (Lipinski definition) is 4. The molecule has 2 rings (SSSR count). The van der Waals surface area contributed by atoms with Crippen LogP contribution in [-0.4, -0.2) is 27.5 Å². The van der Waals surface area contributed by atoms with Crippen LogP contribution in [0.25, 0.3) is 0 Å². The fourth-order valence-electron chi connectivity index (χ4n) is 2.19. The van der Waals surface area contributed by atoms with E-state index >= 15 is 0 Å². The number of rotatable bonds is 8. The van der Waals surface area contributed by atoms with Gasteiger partial charge in [0, 0.05) is 39.5 Å². The van der Waals surface area contributed by atoms with E-state index in [4.69, 9.17) is 16.3 Å². The van der Waals surface area contributed by atoms with Crippen LogP contribution in [0.3, 0.4) is 0 Å². The summed E-state index contributed by atoms with van der Waals surface area (Å²) in [6.07, 6.45) is 2.26. The maximum absolute atomic E-state index is 12.2. The highest BCUT2D eigenvalue weighted by Gasteiger charge is 2.12. The molecule has 1 amide bonds. The van der Waals surface area contributed by atoms with E-state index in [1.807, 2.05) is 13.8 Å². The minimum atomic E-state index is -1.46. The van der Waals surface area contributed by atoms with Crippen LogP contribution in [0.1, 0.15) is 24.6 Å². The monoisotopic (exact) mass is 396 g/mol. The van der Waals surface area contributed by atoms with Gasteiger partial charge in [0.1, 0.15) is 5.75 Å². The number of halogens is 1. The van der Waals surface area contributed by atoms with Crippen molar-refractivity contribution in [2.45, 2.75) is 26.0 Å². The highest BCUT2D eigenvalue weighted by molar-refractivity contribution is 7.84. The third kappa shape index (κ3) is 6.00. The van der Waals surface area contributed by atoms with Gasteiger partial charge in [-0.05, 0) is 31.0 Å². The molecular weight excluding hydrogens is 376 g/mol. The van der Waals surface area contributed by atoms with Crippen LogP contribution in [0.5, 0.6) is 5.75 Å². The molecule has 0 aliphatic carbocycles. The molecule has 2 N–H and O–H groups in total. The van der Waals surface area contributed by atoms with Gasteiger partial charge >= 0.3 is 0 Å². The molecule has 0 spiro atoms. The Kier molecular flexibility index (Phi) is 7.41. The number of H-pyrrole nitrogens is 1. The SMILES string of the molecule is CCCOc1c[nH]c(CS(=O)CC(=O)Nc2cc(Cl)ccc2C)cc1=O. The van der Waals surface area contributed by atoms with Crippen LogP contribution in [0.15, 0.2) is 35.3 Å². The Labute approximate surface area is 159 Å². The zero-order chi connectivity index (χ0) is 19.1. The summed E-state index contributed by atoms with van der Waals surface area (Å²) in [5.74, 6) is -0.248. The molecule has 2 aromatic rings. The number of ether oxygens (including phenoxy) is 1. The van der Waals surface area contributed by atoms with E-state index in [1.54, 1.807) is 18.2 Å². The summed E-state index contributed by atoms with van der Waals surface area (Å²) in [4.78, 5) is 26.9. The Morgan fingerprint density at radius 3 is 2.81 bits per heavy atom. The van der Waals surface area contributed by atoms with Crippen molar-refractivity contribution in [1.82, 2.24) is 4.98 Å². The number of carbonyl (C=O) groups is 1. The summed E-state index contributed by atoms with van der Waals surface area (Å²) in [7, 11) is -1.46. The van der Waals surface area contributed by atoms with E-state index in [1.165, 1.54) is 12.3 Å². The molecule has 0 aliphatic heterocycles. The van der Waals surface area contributed by atoms with Crippen LogP contribution >= 0.6 is 11.6 Å². The molecule has 0 saturated heterocycles. The second-order valence-corrected chi connectivity index (χ2v) is 7.66. The van der Waals surface area contributed by atoms with Crippen molar-refractivity contribution in [3.63, 3.8) is 0 Å². The van der Waals surface area contributed by atoms with E-state index in [-0.39, 0.29) is 28.6 Å². The minimum Gasteiger partial charge on any atom is -0.488 e. The van der Waals surface area contributed by atoms with Crippen molar-refractivity contribution >= 4 is 34.0 Å². The Hall–Kier alpha value is -2.12. The summed E-state index contributed by atoms with van der Waals surface area (Å²) in [5.41, 5.74) is 1.66.